The molecular formula is C34H43BrN9O2P. The predicted octanol–water partition coefficient (Wildman–Crippen LogP) is 5.63. The van der Waals surface area contributed by atoms with Gasteiger partial charge in [-0.25, -0.2) is 4.98 Å². The zero-order valence-electron chi connectivity index (χ0n) is 27.6. The molecule has 2 aromatic carbocycles. The van der Waals surface area contributed by atoms with Crippen molar-refractivity contribution in [1.29, 1.82) is 0 Å². The number of halogens is 1. The van der Waals surface area contributed by atoms with E-state index in [2.05, 4.69) is 69.3 Å². The van der Waals surface area contributed by atoms with Crippen LogP contribution in [0.25, 0.3) is 11.0 Å². The lowest BCUT2D eigenvalue weighted by atomic mass is 9.98. The van der Waals surface area contributed by atoms with Gasteiger partial charge >= 0.3 is 0 Å². The molecule has 0 amide bonds. The Kier molecular flexibility index (Phi) is 9.13. The molecule has 2 aliphatic heterocycles. The highest BCUT2D eigenvalue weighted by molar-refractivity contribution is 9.10. The first-order valence-electron chi connectivity index (χ1n) is 16.5. The summed E-state index contributed by atoms with van der Waals surface area (Å²) in [6, 6.07) is 6.65. The summed E-state index contributed by atoms with van der Waals surface area (Å²) in [6.07, 6.45) is 10.5. The van der Waals surface area contributed by atoms with Crippen LogP contribution in [0.3, 0.4) is 0 Å². The fourth-order valence-corrected chi connectivity index (χ4v) is 9.08. The third kappa shape index (κ3) is 6.57. The van der Waals surface area contributed by atoms with Gasteiger partial charge in [-0.1, -0.05) is 0 Å². The van der Waals surface area contributed by atoms with Crippen molar-refractivity contribution in [3.05, 3.63) is 52.4 Å². The van der Waals surface area contributed by atoms with Gasteiger partial charge in [0.05, 0.1) is 33.8 Å². The van der Waals surface area contributed by atoms with Gasteiger partial charge in [0.15, 0.2) is 0 Å². The lowest BCUT2D eigenvalue weighted by Crippen LogP contribution is -2.52. The van der Waals surface area contributed by atoms with E-state index in [9.17, 15) is 4.57 Å². The van der Waals surface area contributed by atoms with E-state index in [1.807, 2.05) is 12.1 Å². The number of nitrogens with zero attached hydrogens (tertiary/aromatic N) is 7. The summed E-state index contributed by atoms with van der Waals surface area (Å²) in [4.78, 5) is 26.1. The minimum absolute atomic E-state index is 0.446. The molecule has 7 rings (SSSR count). The first kappa shape index (κ1) is 32.2. The van der Waals surface area contributed by atoms with E-state index >= 15 is 0 Å². The monoisotopic (exact) mass is 719 g/mol. The number of fused-ring (bicyclic) bond motifs is 2. The third-order valence-electron chi connectivity index (χ3n) is 9.81. The highest BCUT2D eigenvalue weighted by Gasteiger charge is 2.31. The molecule has 0 saturated carbocycles. The fourth-order valence-electron chi connectivity index (χ4n) is 7.40. The van der Waals surface area contributed by atoms with Crippen LogP contribution in [0.2, 0.25) is 0 Å². The minimum atomic E-state index is -2.73. The van der Waals surface area contributed by atoms with Gasteiger partial charge in [-0.05, 0) is 91.7 Å². The first-order chi connectivity index (χ1) is 22.7. The Bertz CT molecular complexity index is 1830. The Morgan fingerprint density at radius 2 is 1.70 bits per heavy atom. The van der Waals surface area contributed by atoms with Gasteiger partial charge < -0.3 is 29.7 Å². The molecular weight excluding hydrogens is 677 g/mol. The second-order valence-electron chi connectivity index (χ2n) is 13.2. The molecule has 2 saturated heterocycles. The molecule has 3 aliphatic rings. The Hall–Kier alpha value is -3.31. The van der Waals surface area contributed by atoms with Gasteiger partial charge in [0.1, 0.15) is 24.2 Å². The topological polar surface area (TPSA) is 112 Å². The Morgan fingerprint density at radius 1 is 0.957 bits per heavy atom. The molecule has 11 nitrogen and oxygen atoms in total. The summed E-state index contributed by atoms with van der Waals surface area (Å²) in [7, 11) is 1.22. The van der Waals surface area contributed by atoms with Crippen LogP contribution in [0.5, 0.6) is 5.75 Å². The van der Waals surface area contributed by atoms with Crippen LogP contribution < -0.4 is 25.6 Å². The molecule has 2 aromatic heterocycles. The highest BCUT2D eigenvalue weighted by atomic mass is 79.9. The normalized spacial score (nSPS) is 18.0. The fraction of sp³-hybridized carbons (Fsp3) is 0.471. The summed E-state index contributed by atoms with van der Waals surface area (Å²) in [5, 5.41) is 7.57. The maximum atomic E-state index is 13.5. The van der Waals surface area contributed by atoms with Crippen molar-refractivity contribution in [1.82, 2.24) is 29.7 Å². The summed E-state index contributed by atoms with van der Waals surface area (Å²) >= 11 is 3.61. The Morgan fingerprint density at radius 3 is 2.45 bits per heavy atom. The smallest absolute Gasteiger partial charge is 0.229 e. The number of ether oxygens (including phenoxy) is 1. The second kappa shape index (κ2) is 13.3. The number of benzene rings is 2. The number of aromatic nitrogens is 4. The van der Waals surface area contributed by atoms with E-state index in [-0.39, 0.29) is 0 Å². The summed E-state index contributed by atoms with van der Waals surface area (Å²) in [5.74, 6) is 1.80. The van der Waals surface area contributed by atoms with Crippen molar-refractivity contribution in [2.45, 2.75) is 38.1 Å². The average molecular weight is 721 g/mol. The van der Waals surface area contributed by atoms with Crippen LogP contribution in [0.1, 0.15) is 30.4 Å². The number of hydrogen-bond acceptors (Lipinski definition) is 11. The lowest BCUT2D eigenvalue weighted by molar-refractivity contribution is 0.0982. The van der Waals surface area contributed by atoms with E-state index in [4.69, 9.17) is 9.72 Å². The summed E-state index contributed by atoms with van der Waals surface area (Å²) in [6.45, 7) is 10.3. The van der Waals surface area contributed by atoms with Gasteiger partial charge in [-0.15, -0.1) is 0 Å². The molecule has 248 valence electrons. The van der Waals surface area contributed by atoms with Crippen LogP contribution in [0.4, 0.5) is 28.8 Å². The molecule has 0 unspecified atom stereocenters. The molecule has 47 heavy (non-hydrogen) atoms. The zero-order chi connectivity index (χ0) is 32.7. The van der Waals surface area contributed by atoms with Crippen molar-refractivity contribution in [2.75, 3.05) is 82.3 Å². The number of hydrogen-bond donors (Lipinski definition) is 2. The highest BCUT2D eigenvalue weighted by Crippen LogP contribution is 2.45. The number of piperidine rings is 1. The van der Waals surface area contributed by atoms with Crippen LogP contribution in [-0.2, 0) is 17.4 Å². The quantitative estimate of drug-likeness (QED) is 0.221. The summed E-state index contributed by atoms with van der Waals surface area (Å²) in [5.41, 5.74) is 6.93. The zero-order valence-corrected chi connectivity index (χ0v) is 30.1. The molecule has 4 heterocycles. The number of methoxy groups -OCH3 is 1. The molecule has 1 aliphatic carbocycles. The van der Waals surface area contributed by atoms with Crippen molar-refractivity contribution < 1.29 is 9.30 Å². The summed E-state index contributed by atoms with van der Waals surface area (Å²) < 4.78 is 20.2. The van der Waals surface area contributed by atoms with E-state index < -0.39 is 7.14 Å². The molecule has 2 N–H and O–H groups in total. The maximum Gasteiger partial charge on any atom is 0.229 e. The number of rotatable bonds is 8. The van der Waals surface area contributed by atoms with Crippen molar-refractivity contribution in [3.8, 4) is 5.75 Å². The Labute approximate surface area is 285 Å². The van der Waals surface area contributed by atoms with E-state index in [1.165, 1.54) is 42.7 Å². The molecule has 0 spiro atoms. The number of likely N-dealkylation sites (N-methyl/N-ethyl adjacent to an activating group) is 1. The van der Waals surface area contributed by atoms with Crippen molar-refractivity contribution in [2.24, 2.45) is 0 Å². The number of nitrogens with one attached hydrogen (secondary N) is 2. The predicted molar refractivity (Wildman–Crippen MR) is 194 cm³/mol. The lowest BCUT2D eigenvalue weighted by Gasteiger charge is -2.43. The van der Waals surface area contributed by atoms with Crippen LogP contribution in [-0.4, -0.2) is 103 Å². The number of anilines is 5. The molecule has 2 fully saturated rings. The van der Waals surface area contributed by atoms with E-state index in [0.717, 1.165) is 56.9 Å². The van der Waals surface area contributed by atoms with Crippen molar-refractivity contribution in [3.63, 3.8) is 0 Å². The molecule has 0 radical (unpaired) electrons. The second-order valence-corrected chi connectivity index (χ2v) is 17.2. The largest absolute Gasteiger partial charge is 0.494 e. The van der Waals surface area contributed by atoms with Gasteiger partial charge in [0.25, 0.3) is 0 Å². The van der Waals surface area contributed by atoms with Crippen LogP contribution >= 0.6 is 23.1 Å². The van der Waals surface area contributed by atoms with Gasteiger partial charge in [0, 0.05) is 75.7 Å². The van der Waals surface area contributed by atoms with Crippen molar-refractivity contribution >= 4 is 68.2 Å². The first-order valence-corrected chi connectivity index (χ1v) is 19.8. The van der Waals surface area contributed by atoms with Gasteiger partial charge in [-0.3, -0.25) is 14.9 Å². The van der Waals surface area contributed by atoms with Gasteiger partial charge in [0.2, 0.25) is 5.95 Å². The third-order valence-corrected chi connectivity index (χ3v) is 11.9. The van der Waals surface area contributed by atoms with E-state index in [1.54, 1.807) is 39.0 Å². The minimum Gasteiger partial charge on any atom is -0.494 e. The average Bonchev–Trinajstić information content (AvgIpc) is 3.56. The molecule has 0 bridgehead atoms. The standard InChI is InChI=1S/C34H43BrN9O2P/c1-42-16-18-43(19-17-42)22-10-14-44(15-11-22)28-20-29(46-2)30(24-7-5-6-23(24)28)40-34-38-21-25(35)33(41-34)39-27-9-8-26-31(37-13-12-36-26)32(27)47(3,4)45/h8-9,12-13,20-22H,5-7,10-11,14-19H2,1-4H3,(H2,38,39,40,41). The molecule has 13 heteroatoms. The van der Waals surface area contributed by atoms with E-state index in [0.29, 0.717) is 44.3 Å². The molecule has 4 aromatic rings. The van der Waals surface area contributed by atoms with Crippen LogP contribution in [0.15, 0.2) is 41.3 Å². The maximum absolute atomic E-state index is 13.5. The number of piperazine rings is 1. The van der Waals surface area contributed by atoms with Crippen LogP contribution in [0, 0.1) is 0 Å². The van der Waals surface area contributed by atoms with Gasteiger partial charge in [-0.2, -0.15) is 4.98 Å². The SMILES string of the molecule is COc1cc(N2CCC(N3CCN(C)CC3)CC2)c2c(c1Nc1ncc(Br)c(Nc3ccc4nccnc4c3P(C)(C)=O)n1)CCC2. The molecule has 0 atom stereocenters. The Balaban J connectivity index is 1.15.